The van der Waals surface area contributed by atoms with Gasteiger partial charge in [0.25, 0.3) is 0 Å². The van der Waals surface area contributed by atoms with Gasteiger partial charge in [0, 0.05) is 0 Å². The first-order chi connectivity index (χ1) is 7.66. The SMILES string of the molecule is Cc1cc(C)cc(C(C)C2CCNCC2)c1. The maximum Gasteiger partial charge on any atom is -0.00461 e. The molecule has 0 aliphatic carbocycles. The van der Waals surface area contributed by atoms with E-state index in [2.05, 4.69) is 44.3 Å². The quantitative estimate of drug-likeness (QED) is 0.800. The van der Waals surface area contributed by atoms with E-state index >= 15 is 0 Å². The van der Waals surface area contributed by atoms with Crippen molar-refractivity contribution in [3.63, 3.8) is 0 Å². The van der Waals surface area contributed by atoms with Gasteiger partial charge in [0.15, 0.2) is 0 Å². The Morgan fingerprint density at radius 3 is 2.19 bits per heavy atom. The van der Waals surface area contributed by atoms with E-state index in [4.69, 9.17) is 0 Å². The predicted octanol–water partition coefficient (Wildman–Crippen LogP) is 3.41. The van der Waals surface area contributed by atoms with Crippen LogP contribution in [-0.2, 0) is 0 Å². The average molecular weight is 217 g/mol. The van der Waals surface area contributed by atoms with Crippen LogP contribution in [0.3, 0.4) is 0 Å². The molecule has 0 spiro atoms. The van der Waals surface area contributed by atoms with E-state index in [0.29, 0.717) is 5.92 Å². The average Bonchev–Trinajstić information content (AvgIpc) is 2.28. The summed E-state index contributed by atoms with van der Waals surface area (Å²) < 4.78 is 0. The third-order valence-corrected chi connectivity index (χ3v) is 3.86. The van der Waals surface area contributed by atoms with Gasteiger partial charge in [-0.3, -0.25) is 0 Å². The summed E-state index contributed by atoms with van der Waals surface area (Å²) >= 11 is 0. The van der Waals surface area contributed by atoms with Gasteiger partial charge in [-0.2, -0.15) is 0 Å². The molecule has 1 aromatic rings. The Hall–Kier alpha value is -0.820. The molecule has 88 valence electrons. The summed E-state index contributed by atoms with van der Waals surface area (Å²) in [6, 6.07) is 6.98. The lowest BCUT2D eigenvalue weighted by Gasteiger charge is -2.29. The van der Waals surface area contributed by atoms with Gasteiger partial charge in [-0.25, -0.2) is 0 Å². The molecule has 0 bridgehead atoms. The number of aryl methyl sites for hydroxylation is 2. The van der Waals surface area contributed by atoms with Crippen molar-refractivity contribution < 1.29 is 0 Å². The molecule has 1 fully saturated rings. The number of benzene rings is 1. The van der Waals surface area contributed by atoms with Gasteiger partial charge in [0.05, 0.1) is 0 Å². The molecule has 0 amide bonds. The van der Waals surface area contributed by atoms with Crippen molar-refractivity contribution in [2.75, 3.05) is 13.1 Å². The zero-order valence-electron chi connectivity index (χ0n) is 10.7. The third kappa shape index (κ3) is 2.65. The largest absolute Gasteiger partial charge is 0.317 e. The van der Waals surface area contributed by atoms with Crippen LogP contribution >= 0.6 is 0 Å². The number of hydrogen-bond donors (Lipinski definition) is 1. The molecule has 1 heteroatoms. The van der Waals surface area contributed by atoms with E-state index in [-0.39, 0.29) is 0 Å². The molecule has 0 radical (unpaired) electrons. The molecule has 1 nitrogen and oxygen atoms in total. The summed E-state index contributed by atoms with van der Waals surface area (Å²) in [6.07, 6.45) is 2.66. The second kappa shape index (κ2) is 5.01. The monoisotopic (exact) mass is 217 g/mol. The first kappa shape index (κ1) is 11.7. The molecule has 1 heterocycles. The smallest absolute Gasteiger partial charge is 0.00461 e. The lowest BCUT2D eigenvalue weighted by molar-refractivity contribution is 0.330. The van der Waals surface area contributed by atoms with Crippen molar-refractivity contribution in [2.24, 2.45) is 5.92 Å². The van der Waals surface area contributed by atoms with Gasteiger partial charge in [0.1, 0.15) is 0 Å². The summed E-state index contributed by atoms with van der Waals surface area (Å²) in [6.45, 7) is 9.18. The first-order valence-corrected chi connectivity index (χ1v) is 6.46. The fraction of sp³-hybridized carbons (Fsp3) is 0.600. The van der Waals surface area contributed by atoms with Crippen LogP contribution in [0.1, 0.15) is 42.4 Å². The first-order valence-electron chi connectivity index (χ1n) is 6.46. The van der Waals surface area contributed by atoms with Crippen molar-refractivity contribution in [2.45, 2.75) is 39.5 Å². The van der Waals surface area contributed by atoms with Crippen LogP contribution in [-0.4, -0.2) is 13.1 Å². The van der Waals surface area contributed by atoms with Gasteiger partial charge in [-0.05, 0) is 57.2 Å². The van der Waals surface area contributed by atoms with Gasteiger partial charge in [-0.15, -0.1) is 0 Å². The van der Waals surface area contributed by atoms with Crippen molar-refractivity contribution >= 4 is 0 Å². The van der Waals surface area contributed by atoms with Crippen LogP contribution in [0.5, 0.6) is 0 Å². The van der Waals surface area contributed by atoms with Crippen LogP contribution in [0, 0.1) is 19.8 Å². The van der Waals surface area contributed by atoms with Gasteiger partial charge in [-0.1, -0.05) is 36.2 Å². The Morgan fingerprint density at radius 1 is 1.06 bits per heavy atom. The van der Waals surface area contributed by atoms with Gasteiger partial charge in [0.2, 0.25) is 0 Å². The van der Waals surface area contributed by atoms with Crippen molar-refractivity contribution in [3.8, 4) is 0 Å². The lowest BCUT2D eigenvalue weighted by atomic mass is 9.81. The fourth-order valence-corrected chi connectivity index (χ4v) is 2.89. The molecule has 2 rings (SSSR count). The molecule has 0 aromatic heterocycles. The number of piperidine rings is 1. The second-order valence-electron chi connectivity index (χ2n) is 5.30. The van der Waals surface area contributed by atoms with E-state index in [1.54, 1.807) is 0 Å². The minimum atomic E-state index is 0.709. The summed E-state index contributed by atoms with van der Waals surface area (Å²) in [5, 5.41) is 3.44. The highest BCUT2D eigenvalue weighted by atomic mass is 14.9. The van der Waals surface area contributed by atoms with Crippen LogP contribution in [0.15, 0.2) is 18.2 Å². The summed E-state index contributed by atoms with van der Waals surface area (Å²) in [5.41, 5.74) is 4.33. The molecule has 1 aromatic carbocycles. The van der Waals surface area contributed by atoms with Crippen LogP contribution < -0.4 is 5.32 Å². The molecular weight excluding hydrogens is 194 g/mol. The molecule has 16 heavy (non-hydrogen) atoms. The van der Waals surface area contributed by atoms with Crippen LogP contribution in [0.25, 0.3) is 0 Å². The van der Waals surface area contributed by atoms with Crippen LogP contribution in [0.4, 0.5) is 0 Å². The molecule has 1 aliphatic rings. The zero-order chi connectivity index (χ0) is 11.5. The van der Waals surface area contributed by atoms with E-state index in [1.807, 2.05) is 0 Å². The second-order valence-corrected chi connectivity index (χ2v) is 5.30. The van der Waals surface area contributed by atoms with E-state index < -0.39 is 0 Å². The molecule has 1 saturated heterocycles. The van der Waals surface area contributed by atoms with Gasteiger partial charge >= 0.3 is 0 Å². The molecule has 1 N–H and O–H groups in total. The minimum Gasteiger partial charge on any atom is -0.317 e. The Bertz CT molecular complexity index is 330. The van der Waals surface area contributed by atoms with Gasteiger partial charge < -0.3 is 5.32 Å². The van der Waals surface area contributed by atoms with Crippen molar-refractivity contribution in [3.05, 3.63) is 34.9 Å². The number of rotatable bonds is 2. The van der Waals surface area contributed by atoms with E-state index in [0.717, 1.165) is 5.92 Å². The van der Waals surface area contributed by atoms with Crippen molar-refractivity contribution in [1.29, 1.82) is 0 Å². The highest BCUT2D eigenvalue weighted by Crippen LogP contribution is 2.31. The maximum absolute atomic E-state index is 3.44. The predicted molar refractivity (Wildman–Crippen MR) is 69.9 cm³/mol. The minimum absolute atomic E-state index is 0.709. The fourth-order valence-electron chi connectivity index (χ4n) is 2.89. The number of hydrogen-bond acceptors (Lipinski definition) is 1. The van der Waals surface area contributed by atoms with E-state index in [1.165, 1.54) is 42.6 Å². The molecular formula is C15H23N. The topological polar surface area (TPSA) is 12.0 Å². The Labute approximate surface area is 99.3 Å². The standard InChI is InChI=1S/C15H23N/c1-11-8-12(2)10-15(9-11)13(3)14-4-6-16-7-5-14/h8-10,13-14,16H,4-7H2,1-3H3. The van der Waals surface area contributed by atoms with Crippen molar-refractivity contribution in [1.82, 2.24) is 5.32 Å². The summed E-state index contributed by atoms with van der Waals surface area (Å²) in [7, 11) is 0. The lowest BCUT2D eigenvalue weighted by Crippen LogP contribution is -2.30. The Morgan fingerprint density at radius 2 is 1.62 bits per heavy atom. The normalized spacial score (nSPS) is 19.7. The Kier molecular flexibility index (Phi) is 3.65. The zero-order valence-corrected chi connectivity index (χ0v) is 10.7. The van der Waals surface area contributed by atoms with Crippen LogP contribution in [0.2, 0.25) is 0 Å². The molecule has 1 atom stereocenters. The molecule has 1 aliphatic heterocycles. The maximum atomic E-state index is 3.44. The summed E-state index contributed by atoms with van der Waals surface area (Å²) in [5.74, 6) is 1.57. The Balaban J connectivity index is 2.15. The third-order valence-electron chi connectivity index (χ3n) is 3.86. The summed E-state index contributed by atoms with van der Waals surface area (Å²) in [4.78, 5) is 0. The number of nitrogens with one attached hydrogen (secondary N) is 1. The molecule has 0 saturated carbocycles. The highest BCUT2D eigenvalue weighted by molar-refractivity contribution is 5.31. The highest BCUT2D eigenvalue weighted by Gasteiger charge is 2.21. The van der Waals surface area contributed by atoms with E-state index in [9.17, 15) is 0 Å². The molecule has 1 unspecified atom stereocenters.